The first-order valence-corrected chi connectivity index (χ1v) is 11.9. The van der Waals surface area contributed by atoms with Gasteiger partial charge in [-0.25, -0.2) is 15.0 Å². The van der Waals surface area contributed by atoms with Crippen LogP contribution >= 0.6 is 24.8 Å². The number of benzene rings is 1. The summed E-state index contributed by atoms with van der Waals surface area (Å²) >= 11 is 0. The van der Waals surface area contributed by atoms with E-state index < -0.39 is 5.91 Å². The number of morpholine rings is 1. The Labute approximate surface area is 223 Å². The zero-order valence-corrected chi connectivity index (χ0v) is 21.9. The van der Waals surface area contributed by atoms with E-state index >= 15 is 0 Å². The van der Waals surface area contributed by atoms with Crippen molar-refractivity contribution in [2.75, 3.05) is 38.1 Å². The summed E-state index contributed by atoms with van der Waals surface area (Å²) in [5, 5.41) is 6.88. The van der Waals surface area contributed by atoms with E-state index in [0.29, 0.717) is 28.1 Å². The second kappa shape index (κ2) is 12.6. The second-order valence-electron chi connectivity index (χ2n) is 9.14. The van der Waals surface area contributed by atoms with Gasteiger partial charge in [-0.15, -0.1) is 24.8 Å². The van der Waals surface area contributed by atoms with Crippen molar-refractivity contribution in [1.82, 2.24) is 25.2 Å². The number of halogens is 2. The molecule has 0 unspecified atom stereocenters. The molecule has 4 heterocycles. The van der Waals surface area contributed by atoms with Crippen molar-refractivity contribution in [3.8, 4) is 11.3 Å². The van der Waals surface area contributed by atoms with E-state index in [1.54, 1.807) is 6.07 Å². The highest BCUT2D eigenvalue weighted by molar-refractivity contribution is 6.06. The smallest absolute Gasteiger partial charge is 0.251 e. The number of primary amides is 1. The number of piperidine rings is 1. The number of carbonyl (C=O) groups excluding carboxylic acids is 1. The molecule has 1 amide bonds. The zero-order valence-electron chi connectivity index (χ0n) is 20.3. The number of anilines is 1. The average molecular weight is 534 g/mol. The highest BCUT2D eigenvalue weighted by Gasteiger charge is 2.20. The molecule has 2 aliphatic rings. The van der Waals surface area contributed by atoms with Crippen molar-refractivity contribution >= 4 is 47.6 Å². The van der Waals surface area contributed by atoms with E-state index in [4.69, 9.17) is 15.5 Å². The second-order valence-corrected chi connectivity index (χ2v) is 9.14. The Morgan fingerprint density at radius 1 is 1.22 bits per heavy atom. The molecule has 0 radical (unpaired) electrons. The van der Waals surface area contributed by atoms with Crippen molar-refractivity contribution in [2.45, 2.75) is 38.5 Å². The van der Waals surface area contributed by atoms with Crippen LogP contribution in [-0.2, 0) is 11.3 Å². The van der Waals surface area contributed by atoms with Gasteiger partial charge in [0.05, 0.1) is 24.0 Å². The normalized spacial score (nSPS) is 20.2. The highest BCUT2D eigenvalue weighted by atomic mass is 35.5. The Bertz CT molecular complexity index is 1170. The molecule has 0 spiro atoms. The molecule has 9 nitrogen and oxygen atoms in total. The first-order valence-electron chi connectivity index (χ1n) is 11.9. The molecule has 2 atom stereocenters. The van der Waals surface area contributed by atoms with Gasteiger partial charge < -0.3 is 21.1 Å². The van der Waals surface area contributed by atoms with E-state index in [0.717, 1.165) is 57.7 Å². The lowest BCUT2D eigenvalue weighted by molar-refractivity contribution is -0.0212. The number of hydrogen-bond donors (Lipinski definition) is 3. The minimum atomic E-state index is -0.532. The van der Waals surface area contributed by atoms with Crippen LogP contribution in [0.4, 0.5) is 5.82 Å². The van der Waals surface area contributed by atoms with Crippen LogP contribution in [0.3, 0.4) is 0 Å². The Morgan fingerprint density at radius 2 is 2.03 bits per heavy atom. The summed E-state index contributed by atoms with van der Waals surface area (Å²) in [5.41, 5.74) is 9.92. The predicted molar refractivity (Wildman–Crippen MR) is 146 cm³/mol. The van der Waals surface area contributed by atoms with Gasteiger partial charge in [-0.05, 0) is 37.9 Å². The standard InChI is InChI=1S/C25H31N7O2.2ClH/c1-16-13-32(9-10-34-16)14-17-4-6-18(7-5-17)21-11-20(24(26)33)22-23(31-21)25(29-15-28-22)30-19-3-2-8-27-12-19;;/h4-7,11,15-16,19,27H,2-3,8-10,12-14H2,1H3,(H2,26,33)(H,28,29,30);2*1H/t16-,19-;;/m0../s1. The molecular weight excluding hydrogens is 501 g/mol. The van der Waals surface area contributed by atoms with Crippen molar-refractivity contribution in [3.63, 3.8) is 0 Å². The Morgan fingerprint density at radius 3 is 2.72 bits per heavy atom. The molecule has 5 rings (SSSR count). The van der Waals surface area contributed by atoms with Crippen LogP contribution in [-0.4, -0.2) is 70.7 Å². The SMILES string of the molecule is C[C@H]1CN(Cc2ccc(-c3cc(C(N)=O)c4ncnc(N[C@H]5CCCNC5)c4n3)cc2)CCO1.Cl.Cl. The molecular formula is C25H33Cl2N7O2. The molecule has 0 bridgehead atoms. The molecule has 3 aromatic rings. The fourth-order valence-corrected chi connectivity index (χ4v) is 4.72. The molecule has 0 saturated carbocycles. The number of nitrogens with one attached hydrogen (secondary N) is 2. The third kappa shape index (κ3) is 6.41. The van der Waals surface area contributed by atoms with E-state index in [1.165, 1.54) is 11.9 Å². The van der Waals surface area contributed by atoms with Gasteiger partial charge in [-0.1, -0.05) is 24.3 Å². The Balaban J connectivity index is 0.00000180. The number of aromatic nitrogens is 3. The summed E-state index contributed by atoms with van der Waals surface area (Å²) in [7, 11) is 0. The summed E-state index contributed by atoms with van der Waals surface area (Å²) in [6.07, 6.45) is 3.86. The monoisotopic (exact) mass is 533 g/mol. The number of pyridine rings is 1. The molecule has 11 heteroatoms. The number of fused-ring (bicyclic) bond motifs is 1. The maximum Gasteiger partial charge on any atom is 0.251 e. The van der Waals surface area contributed by atoms with Crippen molar-refractivity contribution in [3.05, 3.63) is 47.8 Å². The van der Waals surface area contributed by atoms with Crippen LogP contribution in [0.5, 0.6) is 0 Å². The predicted octanol–water partition coefficient (Wildman–Crippen LogP) is 3.02. The van der Waals surface area contributed by atoms with Gasteiger partial charge in [0, 0.05) is 37.8 Å². The summed E-state index contributed by atoms with van der Waals surface area (Å²) in [6, 6.07) is 10.3. The molecule has 0 aliphatic carbocycles. The van der Waals surface area contributed by atoms with Gasteiger partial charge in [0.2, 0.25) is 0 Å². The summed E-state index contributed by atoms with van der Waals surface area (Å²) in [6.45, 7) is 7.51. The third-order valence-electron chi connectivity index (χ3n) is 6.47. The van der Waals surface area contributed by atoms with E-state index in [-0.39, 0.29) is 37.0 Å². The van der Waals surface area contributed by atoms with Gasteiger partial charge >= 0.3 is 0 Å². The van der Waals surface area contributed by atoms with Gasteiger partial charge in [-0.2, -0.15) is 0 Å². The molecule has 2 aliphatic heterocycles. The number of amides is 1. The molecule has 4 N–H and O–H groups in total. The largest absolute Gasteiger partial charge is 0.376 e. The Kier molecular flexibility index (Phi) is 9.81. The summed E-state index contributed by atoms with van der Waals surface area (Å²) < 4.78 is 5.64. The van der Waals surface area contributed by atoms with Crippen molar-refractivity contribution in [2.24, 2.45) is 5.73 Å². The quantitative estimate of drug-likeness (QED) is 0.442. The van der Waals surface area contributed by atoms with Crippen LogP contribution in [0.2, 0.25) is 0 Å². The number of carbonyl (C=O) groups is 1. The minimum Gasteiger partial charge on any atom is -0.376 e. The molecule has 194 valence electrons. The van der Waals surface area contributed by atoms with Crippen molar-refractivity contribution in [1.29, 1.82) is 0 Å². The van der Waals surface area contributed by atoms with Crippen LogP contribution < -0.4 is 16.4 Å². The van der Waals surface area contributed by atoms with Gasteiger partial charge in [0.1, 0.15) is 17.4 Å². The van der Waals surface area contributed by atoms with Crippen LogP contribution in [0, 0.1) is 0 Å². The van der Waals surface area contributed by atoms with Gasteiger partial charge in [-0.3, -0.25) is 9.69 Å². The lowest BCUT2D eigenvalue weighted by Gasteiger charge is -2.31. The van der Waals surface area contributed by atoms with Crippen LogP contribution in [0.25, 0.3) is 22.3 Å². The fraction of sp³-hybridized carbons (Fsp3) is 0.440. The highest BCUT2D eigenvalue weighted by Crippen LogP contribution is 2.28. The van der Waals surface area contributed by atoms with Gasteiger partial charge in [0.25, 0.3) is 5.91 Å². The average Bonchev–Trinajstić information content (AvgIpc) is 2.85. The fourth-order valence-electron chi connectivity index (χ4n) is 4.72. The number of hydrogen-bond acceptors (Lipinski definition) is 8. The lowest BCUT2D eigenvalue weighted by Crippen LogP contribution is -2.40. The Hall–Kier alpha value is -2.56. The maximum absolute atomic E-state index is 12.3. The van der Waals surface area contributed by atoms with Crippen molar-refractivity contribution < 1.29 is 9.53 Å². The number of rotatable bonds is 6. The first-order chi connectivity index (χ1) is 16.6. The molecule has 2 aromatic heterocycles. The summed E-state index contributed by atoms with van der Waals surface area (Å²) in [4.78, 5) is 28.3. The topological polar surface area (TPSA) is 118 Å². The molecule has 1 aromatic carbocycles. The van der Waals surface area contributed by atoms with E-state index in [2.05, 4.69) is 44.6 Å². The zero-order chi connectivity index (χ0) is 23.5. The summed E-state index contributed by atoms with van der Waals surface area (Å²) in [5.74, 6) is 0.0943. The maximum atomic E-state index is 12.3. The number of nitrogens with two attached hydrogens (primary N) is 1. The van der Waals surface area contributed by atoms with Crippen LogP contribution in [0.1, 0.15) is 35.7 Å². The first kappa shape index (κ1) is 28.0. The molecule has 2 fully saturated rings. The number of ether oxygens (including phenoxy) is 1. The molecule has 2 saturated heterocycles. The minimum absolute atomic E-state index is 0. The van der Waals surface area contributed by atoms with E-state index in [9.17, 15) is 4.79 Å². The van der Waals surface area contributed by atoms with Crippen LogP contribution in [0.15, 0.2) is 36.7 Å². The lowest BCUT2D eigenvalue weighted by atomic mass is 10.0. The number of nitrogens with zero attached hydrogens (tertiary/aromatic N) is 4. The van der Waals surface area contributed by atoms with Gasteiger partial charge in [0.15, 0.2) is 5.82 Å². The molecule has 36 heavy (non-hydrogen) atoms. The van der Waals surface area contributed by atoms with E-state index in [1.807, 2.05) is 12.1 Å². The third-order valence-corrected chi connectivity index (χ3v) is 6.47.